The number of rotatable bonds is 4. The lowest BCUT2D eigenvalue weighted by Gasteiger charge is -2.34. The van der Waals surface area contributed by atoms with E-state index in [0.29, 0.717) is 6.42 Å². The van der Waals surface area contributed by atoms with Crippen molar-refractivity contribution >= 4 is 21.8 Å². The number of aromatic nitrogens is 1. The molecule has 1 aromatic carbocycles. The highest BCUT2D eigenvalue weighted by atomic mass is 79.9. The molecular formula is C18H20BrN3O. The van der Waals surface area contributed by atoms with Crippen LogP contribution in [0.2, 0.25) is 0 Å². The first kappa shape index (κ1) is 16.1. The fraction of sp³-hybridized carbons (Fsp3) is 0.333. The van der Waals surface area contributed by atoms with Gasteiger partial charge < -0.3 is 4.90 Å². The summed E-state index contributed by atoms with van der Waals surface area (Å²) in [6.07, 6.45) is 2.31. The quantitative estimate of drug-likeness (QED) is 0.826. The van der Waals surface area contributed by atoms with Crippen LogP contribution in [-0.4, -0.2) is 46.9 Å². The molecule has 0 aliphatic carbocycles. The second-order valence-electron chi connectivity index (χ2n) is 5.78. The summed E-state index contributed by atoms with van der Waals surface area (Å²) in [5.74, 6) is 0.213. The molecule has 0 atom stereocenters. The van der Waals surface area contributed by atoms with Crippen LogP contribution >= 0.6 is 15.9 Å². The van der Waals surface area contributed by atoms with Crippen molar-refractivity contribution in [1.82, 2.24) is 14.8 Å². The molecule has 3 rings (SSSR count). The smallest absolute Gasteiger partial charge is 0.227 e. The molecular weight excluding hydrogens is 354 g/mol. The lowest BCUT2D eigenvalue weighted by Crippen LogP contribution is -2.48. The highest BCUT2D eigenvalue weighted by Gasteiger charge is 2.21. The van der Waals surface area contributed by atoms with Gasteiger partial charge in [0.25, 0.3) is 0 Å². The highest BCUT2D eigenvalue weighted by molar-refractivity contribution is 9.10. The van der Waals surface area contributed by atoms with Gasteiger partial charge in [-0.1, -0.05) is 34.1 Å². The molecule has 1 saturated heterocycles. The first-order valence-corrected chi connectivity index (χ1v) is 8.64. The van der Waals surface area contributed by atoms with Gasteiger partial charge in [-0.15, -0.1) is 0 Å². The number of piperazine rings is 1. The van der Waals surface area contributed by atoms with E-state index >= 15 is 0 Å². The van der Waals surface area contributed by atoms with Crippen LogP contribution in [0.3, 0.4) is 0 Å². The van der Waals surface area contributed by atoms with Gasteiger partial charge in [0.1, 0.15) is 0 Å². The topological polar surface area (TPSA) is 36.4 Å². The molecule has 1 fully saturated rings. The van der Waals surface area contributed by atoms with Gasteiger partial charge in [0.05, 0.1) is 12.1 Å². The Morgan fingerprint density at radius 3 is 2.43 bits per heavy atom. The molecule has 0 N–H and O–H groups in total. The molecule has 1 amide bonds. The number of hydrogen-bond acceptors (Lipinski definition) is 3. The Bertz CT molecular complexity index is 637. The molecule has 5 heteroatoms. The van der Waals surface area contributed by atoms with Gasteiger partial charge in [0.2, 0.25) is 5.91 Å². The molecule has 2 heterocycles. The minimum absolute atomic E-state index is 0.213. The van der Waals surface area contributed by atoms with Crippen LogP contribution in [0.1, 0.15) is 11.3 Å². The molecule has 0 bridgehead atoms. The average Bonchev–Trinajstić information content (AvgIpc) is 2.58. The summed E-state index contributed by atoms with van der Waals surface area (Å²) in [6, 6.07) is 14.0. The molecule has 120 valence electrons. The summed E-state index contributed by atoms with van der Waals surface area (Å²) in [5, 5.41) is 0. The monoisotopic (exact) mass is 373 g/mol. The lowest BCUT2D eigenvalue weighted by molar-refractivity contribution is -0.132. The first-order valence-electron chi connectivity index (χ1n) is 7.85. The molecule has 23 heavy (non-hydrogen) atoms. The second-order valence-corrected chi connectivity index (χ2v) is 6.70. The third-order valence-corrected chi connectivity index (χ3v) is 4.63. The van der Waals surface area contributed by atoms with E-state index < -0.39 is 0 Å². The van der Waals surface area contributed by atoms with Gasteiger partial charge in [-0.2, -0.15) is 0 Å². The fourth-order valence-electron chi connectivity index (χ4n) is 2.76. The lowest BCUT2D eigenvalue weighted by atomic mass is 10.1. The Hall–Kier alpha value is -1.72. The van der Waals surface area contributed by atoms with Gasteiger partial charge in [-0.3, -0.25) is 14.7 Å². The summed E-state index contributed by atoms with van der Waals surface area (Å²) in [4.78, 5) is 21.1. The number of carbonyl (C=O) groups excluding carboxylic acids is 1. The zero-order valence-corrected chi connectivity index (χ0v) is 14.6. The van der Waals surface area contributed by atoms with Crippen molar-refractivity contribution in [3.05, 3.63) is 64.4 Å². The zero-order valence-electron chi connectivity index (χ0n) is 13.0. The summed E-state index contributed by atoms with van der Waals surface area (Å²) < 4.78 is 1.04. The molecule has 0 radical (unpaired) electrons. The van der Waals surface area contributed by atoms with Crippen LogP contribution in [0.25, 0.3) is 0 Å². The highest BCUT2D eigenvalue weighted by Crippen LogP contribution is 2.13. The van der Waals surface area contributed by atoms with E-state index in [4.69, 9.17) is 0 Å². The Kier molecular flexibility index (Phi) is 5.41. The standard InChI is InChI=1S/C18H20BrN3O/c19-16-6-4-15(5-7-16)13-18(23)22-11-9-21(10-12-22)14-17-3-1-2-8-20-17/h1-8H,9-14H2. The summed E-state index contributed by atoms with van der Waals surface area (Å²) in [7, 11) is 0. The SMILES string of the molecule is O=C(Cc1ccc(Br)cc1)N1CCN(Cc2ccccn2)CC1. The van der Waals surface area contributed by atoms with Crippen LogP contribution in [-0.2, 0) is 17.8 Å². The van der Waals surface area contributed by atoms with Crippen molar-refractivity contribution in [3.8, 4) is 0 Å². The van der Waals surface area contributed by atoms with E-state index in [2.05, 4.69) is 25.8 Å². The van der Waals surface area contributed by atoms with E-state index in [0.717, 1.165) is 48.5 Å². The summed E-state index contributed by atoms with van der Waals surface area (Å²) in [5.41, 5.74) is 2.15. The van der Waals surface area contributed by atoms with Gasteiger partial charge in [0, 0.05) is 43.4 Å². The van der Waals surface area contributed by atoms with Gasteiger partial charge in [0.15, 0.2) is 0 Å². The number of hydrogen-bond donors (Lipinski definition) is 0. The van der Waals surface area contributed by atoms with Crippen molar-refractivity contribution in [1.29, 1.82) is 0 Å². The van der Waals surface area contributed by atoms with Crippen LogP contribution < -0.4 is 0 Å². The first-order chi connectivity index (χ1) is 11.2. The molecule has 1 aromatic heterocycles. The minimum atomic E-state index is 0.213. The number of nitrogens with zero attached hydrogens (tertiary/aromatic N) is 3. The Balaban J connectivity index is 1.48. The fourth-order valence-corrected chi connectivity index (χ4v) is 3.03. The predicted octanol–water partition coefficient (Wildman–Crippen LogP) is 2.73. The van der Waals surface area contributed by atoms with E-state index in [-0.39, 0.29) is 5.91 Å². The normalized spacial score (nSPS) is 15.6. The molecule has 0 unspecified atom stereocenters. The number of amides is 1. The van der Waals surface area contributed by atoms with Crippen molar-refractivity contribution in [2.24, 2.45) is 0 Å². The summed E-state index contributed by atoms with van der Waals surface area (Å²) in [6.45, 7) is 4.26. The number of benzene rings is 1. The Labute approximate surface area is 145 Å². The third-order valence-electron chi connectivity index (χ3n) is 4.11. The molecule has 4 nitrogen and oxygen atoms in total. The van der Waals surface area contributed by atoms with Crippen LogP contribution in [0.5, 0.6) is 0 Å². The Morgan fingerprint density at radius 2 is 1.78 bits per heavy atom. The maximum atomic E-state index is 12.4. The van der Waals surface area contributed by atoms with Crippen molar-refractivity contribution in [2.45, 2.75) is 13.0 Å². The number of pyridine rings is 1. The summed E-state index contributed by atoms with van der Waals surface area (Å²) >= 11 is 3.42. The number of halogens is 1. The second kappa shape index (κ2) is 7.70. The largest absolute Gasteiger partial charge is 0.340 e. The van der Waals surface area contributed by atoms with Crippen molar-refractivity contribution < 1.29 is 4.79 Å². The minimum Gasteiger partial charge on any atom is -0.340 e. The van der Waals surface area contributed by atoms with Crippen molar-refractivity contribution in [3.63, 3.8) is 0 Å². The molecule has 0 saturated carbocycles. The van der Waals surface area contributed by atoms with Gasteiger partial charge >= 0.3 is 0 Å². The molecule has 0 spiro atoms. The zero-order chi connectivity index (χ0) is 16.1. The van der Waals surface area contributed by atoms with Gasteiger partial charge in [-0.25, -0.2) is 0 Å². The average molecular weight is 374 g/mol. The van der Waals surface area contributed by atoms with E-state index in [9.17, 15) is 4.79 Å². The van der Waals surface area contributed by atoms with Crippen LogP contribution in [0.15, 0.2) is 53.1 Å². The molecule has 2 aromatic rings. The maximum absolute atomic E-state index is 12.4. The predicted molar refractivity (Wildman–Crippen MR) is 93.9 cm³/mol. The maximum Gasteiger partial charge on any atom is 0.227 e. The molecule has 1 aliphatic heterocycles. The van der Waals surface area contributed by atoms with Crippen LogP contribution in [0, 0.1) is 0 Å². The molecule has 1 aliphatic rings. The van der Waals surface area contributed by atoms with E-state index in [1.807, 2.05) is 53.6 Å². The number of carbonyl (C=O) groups is 1. The third kappa shape index (κ3) is 4.62. The Morgan fingerprint density at radius 1 is 1.04 bits per heavy atom. The van der Waals surface area contributed by atoms with E-state index in [1.54, 1.807) is 0 Å². The van der Waals surface area contributed by atoms with Gasteiger partial charge in [-0.05, 0) is 29.8 Å². The van der Waals surface area contributed by atoms with Crippen molar-refractivity contribution in [2.75, 3.05) is 26.2 Å². The van der Waals surface area contributed by atoms with Crippen LogP contribution in [0.4, 0.5) is 0 Å². The van der Waals surface area contributed by atoms with E-state index in [1.165, 1.54) is 0 Å².